The van der Waals surface area contributed by atoms with Crippen LogP contribution in [-0.4, -0.2) is 4.98 Å². The molecule has 1 heterocycles. The molecule has 0 saturated heterocycles. The first-order valence-electron chi connectivity index (χ1n) is 5.26. The highest BCUT2D eigenvalue weighted by atomic mass is 79.9. The lowest BCUT2D eigenvalue weighted by Gasteiger charge is -2.12. The van der Waals surface area contributed by atoms with E-state index in [2.05, 4.69) is 20.9 Å². The average molecular weight is 295 g/mol. The van der Waals surface area contributed by atoms with Gasteiger partial charge in [-0.3, -0.25) is 4.98 Å². The normalized spacial score (nSPS) is 12.4. The van der Waals surface area contributed by atoms with Gasteiger partial charge in [-0.05, 0) is 51.7 Å². The van der Waals surface area contributed by atoms with E-state index >= 15 is 0 Å². The second-order valence-electron chi connectivity index (χ2n) is 3.85. The number of aromatic nitrogens is 1. The number of nitrogens with two attached hydrogens (primary N) is 1. The predicted octanol–water partition coefficient (Wildman–Crippen LogP) is 3.23. The van der Waals surface area contributed by atoms with Gasteiger partial charge in [-0.25, -0.2) is 4.39 Å². The summed E-state index contributed by atoms with van der Waals surface area (Å²) >= 11 is 3.16. The van der Waals surface area contributed by atoms with Crippen molar-refractivity contribution in [3.8, 4) is 0 Å². The van der Waals surface area contributed by atoms with Crippen molar-refractivity contribution < 1.29 is 4.39 Å². The zero-order valence-corrected chi connectivity index (χ0v) is 10.7. The van der Waals surface area contributed by atoms with Crippen molar-refractivity contribution >= 4 is 15.9 Å². The smallest absolute Gasteiger partial charge is 0.137 e. The first kappa shape index (κ1) is 12.2. The van der Waals surface area contributed by atoms with Crippen LogP contribution >= 0.6 is 15.9 Å². The van der Waals surface area contributed by atoms with Crippen molar-refractivity contribution in [3.05, 3.63) is 64.1 Å². The Labute approximate surface area is 108 Å². The Kier molecular flexibility index (Phi) is 3.86. The van der Waals surface area contributed by atoms with Gasteiger partial charge in [0.25, 0.3) is 0 Å². The Morgan fingerprint density at radius 1 is 1.35 bits per heavy atom. The Morgan fingerprint density at radius 2 is 2.18 bits per heavy atom. The van der Waals surface area contributed by atoms with Crippen LogP contribution in [0.3, 0.4) is 0 Å². The van der Waals surface area contributed by atoms with Gasteiger partial charge in [0.1, 0.15) is 5.82 Å². The first-order valence-corrected chi connectivity index (χ1v) is 6.05. The van der Waals surface area contributed by atoms with Gasteiger partial charge in [0.2, 0.25) is 0 Å². The number of hydrogen-bond donors (Lipinski definition) is 1. The van der Waals surface area contributed by atoms with Crippen LogP contribution < -0.4 is 5.73 Å². The summed E-state index contributed by atoms with van der Waals surface area (Å²) in [6, 6.07) is 8.55. The van der Waals surface area contributed by atoms with Crippen LogP contribution in [0.15, 0.2) is 47.2 Å². The minimum Gasteiger partial charge on any atom is -0.324 e. The maximum absolute atomic E-state index is 13.1. The fourth-order valence-corrected chi connectivity index (χ4v) is 2.03. The minimum atomic E-state index is -0.276. The number of nitrogens with zero attached hydrogens (tertiary/aromatic N) is 1. The zero-order chi connectivity index (χ0) is 12.3. The summed E-state index contributed by atoms with van der Waals surface area (Å²) < 4.78 is 13.5. The molecule has 4 heteroatoms. The maximum atomic E-state index is 13.1. The van der Waals surface area contributed by atoms with E-state index in [1.165, 1.54) is 6.07 Å². The number of pyridine rings is 1. The van der Waals surface area contributed by atoms with E-state index in [1.807, 2.05) is 12.1 Å². The number of halogens is 2. The lowest BCUT2D eigenvalue weighted by atomic mass is 10.0. The van der Waals surface area contributed by atoms with E-state index in [0.717, 1.165) is 11.1 Å². The van der Waals surface area contributed by atoms with Crippen LogP contribution in [0.25, 0.3) is 0 Å². The highest BCUT2D eigenvalue weighted by Crippen LogP contribution is 2.22. The molecule has 1 atom stereocenters. The number of hydrogen-bond acceptors (Lipinski definition) is 2. The van der Waals surface area contributed by atoms with Crippen molar-refractivity contribution in [2.24, 2.45) is 5.73 Å². The van der Waals surface area contributed by atoms with Crippen LogP contribution in [0.2, 0.25) is 0 Å². The largest absolute Gasteiger partial charge is 0.324 e. The second-order valence-corrected chi connectivity index (χ2v) is 4.70. The van der Waals surface area contributed by atoms with Crippen molar-refractivity contribution in [1.82, 2.24) is 4.98 Å². The van der Waals surface area contributed by atoms with Gasteiger partial charge in [-0.2, -0.15) is 0 Å². The lowest BCUT2D eigenvalue weighted by molar-refractivity contribution is 0.617. The fraction of sp³-hybridized carbons (Fsp3) is 0.154. The third kappa shape index (κ3) is 3.11. The van der Waals surface area contributed by atoms with Crippen LogP contribution in [0, 0.1) is 5.82 Å². The minimum absolute atomic E-state index is 0.156. The van der Waals surface area contributed by atoms with Crippen molar-refractivity contribution in [2.45, 2.75) is 12.5 Å². The third-order valence-corrected chi connectivity index (χ3v) is 3.16. The molecule has 0 aliphatic heterocycles. The molecule has 2 nitrogen and oxygen atoms in total. The molecule has 1 aromatic carbocycles. The highest BCUT2D eigenvalue weighted by Gasteiger charge is 2.09. The Bertz CT molecular complexity index is 502. The summed E-state index contributed by atoms with van der Waals surface area (Å²) in [4.78, 5) is 4.04. The molecule has 88 valence electrons. The first-order chi connectivity index (χ1) is 8.16. The molecule has 0 radical (unpaired) electrons. The van der Waals surface area contributed by atoms with Crippen LogP contribution in [-0.2, 0) is 6.42 Å². The highest BCUT2D eigenvalue weighted by molar-refractivity contribution is 9.10. The molecule has 0 amide bonds. The van der Waals surface area contributed by atoms with Crippen molar-refractivity contribution in [3.63, 3.8) is 0 Å². The van der Waals surface area contributed by atoms with Crippen molar-refractivity contribution in [2.75, 3.05) is 0 Å². The second kappa shape index (κ2) is 5.38. The molecular weight excluding hydrogens is 283 g/mol. The van der Waals surface area contributed by atoms with Gasteiger partial charge in [-0.15, -0.1) is 0 Å². The Hall–Kier alpha value is -1.26. The molecule has 0 saturated carbocycles. The van der Waals surface area contributed by atoms with Gasteiger partial charge in [0.15, 0.2) is 0 Å². The van der Waals surface area contributed by atoms with E-state index in [0.29, 0.717) is 10.9 Å². The molecule has 0 spiro atoms. The molecule has 0 fully saturated rings. The monoisotopic (exact) mass is 294 g/mol. The summed E-state index contributed by atoms with van der Waals surface area (Å²) in [5.74, 6) is -0.276. The molecule has 1 aromatic heterocycles. The van der Waals surface area contributed by atoms with Gasteiger partial charge >= 0.3 is 0 Å². The fourth-order valence-electron chi connectivity index (χ4n) is 1.63. The third-order valence-electron chi connectivity index (χ3n) is 2.55. The van der Waals surface area contributed by atoms with Crippen LogP contribution in [0.4, 0.5) is 4.39 Å². The number of rotatable bonds is 3. The summed E-state index contributed by atoms with van der Waals surface area (Å²) in [7, 11) is 0. The van der Waals surface area contributed by atoms with Crippen LogP contribution in [0.5, 0.6) is 0 Å². The molecule has 2 N–H and O–H groups in total. The van der Waals surface area contributed by atoms with Gasteiger partial charge in [0.05, 0.1) is 4.47 Å². The quantitative estimate of drug-likeness (QED) is 0.944. The standard InChI is InChI=1S/C13H12BrFN2/c14-11-7-10(3-4-12(11)15)13(16)6-9-2-1-5-17-8-9/h1-5,7-8,13H,6,16H2. The SMILES string of the molecule is NC(Cc1cccnc1)c1ccc(F)c(Br)c1. The summed E-state index contributed by atoms with van der Waals surface area (Å²) in [5, 5.41) is 0. The zero-order valence-electron chi connectivity index (χ0n) is 9.11. The van der Waals surface area contributed by atoms with Gasteiger partial charge < -0.3 is 5.73 Å². The summed E-state index contributed by atoms with van der Waals surface area (Å²) in [6.07, 6.45) is 4.20. The maximum Gasteiger partial charge on any atom is 0.137 e. The predicted molar refractivity (Wildman–Crippen MR) is 69.0 cm³/mol. The van der Waals surface area contributed by atoms with E-state index in [4.69, 9.17) is 5.73 Å². The van der Waals surface area contributed by atoms with E-state index < -0.39 is 0 Å². The molecule has 17 heavy (non-hydrogen) atoms. The van der Waals surface area contributed by atoms with E-state index in [9.17, 15) is 4.39 Å². The summed E-state index contributed by atoms with van der Waals surface area (Å²) in [6.45, 7) is 0. The van der Waals surface area contributed by atoms with Crippen LogP contribution in [0.1, 0.15) is 17.2 Å². The summed E-state index contributed by atoms with van der Waals surface area (Å²) in [5.41, 5.74) is 8.05. The van der Waals surface area contributed by atoms with Gasteiger partial charge in [0, 0.05) is 18.4 Å². The molecule has 0 bridgehead atoms. The Morgan fingerprint density at radius 3 is 2.82 bits per heavy atom. The van der Waals surface area contributed by atoms with Gasteiger partial charge in [-0.1, -0.05) is 12.1 Å². The van der Waals surface area contributed by atoms with Crippen molar-refractivity contribution in [1.29, 1.82) is 0 Å². The van der Waals surface area contributed by atoms with E-state index in [1.54, 1.807) is 24.5 Å². The molecule has 0 aliphatic rings. The molecule has 2 rings (SSSR count). The molecule has 2 aromatic rings. The van der Waals surface area contributed by atoms with E-state index in [-0.39, 0.29) is 11.9 Å². The molecular formula is C13H12BrFN2. The Balaban J connectivity index is 2.14. The molecule has 0 aliphatic carbocycles. The lowest BCUT2D eigenvalue weighted by Crippen LogP contribution is -2.13. The topological polar surface area (TPSA) is 38.9 Å². The number of benzene rings is 1. The average Bonchev–Trinajstić information content (AvgIpc) is 2.34. The molecule has 1 unspecified atom stereocenters.